The zero-order valence-corrected chi connectivity index (χ0v) is 14.7. The average molecular weight is 356 g/mol. The maximum Gasteiger partial charge on any atom is 0.326 e. The van der Waals surface area contributed by atoms with Crippen molar-refractivity contribution in [2.24, 2.45) is 11.7 Å². The molecule has 1 aromatic carbocycles. The lowest BCUT2D eigenvalue weighted by molar-refractivity contribution is -0.134. The van der Waals surface area contributed by atoms with Crippen LogP contribution in [0.25, 0.3) is 0 Å². The number of nitrogens with two attached hydrogens (primary N) is 1. The molecule has 7 heteroatoms. The maximum atomic E-state index is 13.2. The van der Waals surface area contributed by atoms with Gasteiger partial charge >= 0.3 is 6.03 Å². The highest BCUT2D eigenvalue weighted by molar-refractivity contribution is 6.07. The Labute approximate surface area is 152 Å². The van der Waals surface area contributed by atoms with E-state index in [4.69, 9.17) is 5.73 Å². The molecule has 4 amide bonds. The van der Waals surface area contributed by atoms with Crippen LogP contribution < -0.4 is 11.1 Å². The van der Waals surface area contributed by atoms with Gasteiger partial charge in [0.05, 0.1) is 6.67 Å². The third-order valence-corrected chi connectivity index (χ3v) is 5.98. The Kier molecular flexibility index (Phi) is 4.19. The Morgan fingerprint density at radius 3 is 2.69 bits per heavy atom. The first-order chi connectivity index (χ1) is 12.5. The Morgan fingerprint density at radius 2 is 1.96 bits per heavy atom. The van der Waals surface area contributed by atoms with Crippen molar-refractivity contribution < 1.29 is 14.4 Å². The van der Waals surface area contributed by atoms with Crippen molar-refractivity contribution in [1.82, 2.24) is 15.1 Å². The summed E-state index contributed by atoms with van der Waals surface area (Å²) in [6, 6.07) is 7.55. The van der Waals surface area contributed by atoms with Crippen LogP contribution >= 0.6 is 0 Å². The minimum absolute atomic E-state index is 0.106. The number of primary amides is 1. The van der Waals surface area contributed by atoms with Crippen molar-refractivity contribution in [3.05, 3.63) is 35.4 Å². The number of amides is 4. The quantitative estimate of drug-likeness (QED) is 0.788. The third-order valence-electron chi connectivity index (χ3n) is 5.98. The molecule has 2 fully saturated rings. The molecule has 26 heavy (non-hydrogen) atoms. The topological polar surface area (TPSA) is 95.7 Å². The van der Waals surface area contributed by atoms with E-state index in [-0.39, 0.29) is 30.4 Å². The van der Waals surface area contributed by atoms with Gasteiger partial charge in [0, 0.05) is 19.0 Å². The smallest absolute Gasteiger partial charge is 0.326 e. The number of hydrogen-bond donors (Lipinski definition) is 2. The van der Waals surface area contributed by atoms with E-state index in [1.807, 2.05) is 29.2 Å². The number of nitrogens with one attached hydrogen (secondary N) is 1. The molecule has 1 aromatic rings. The summed E-state index contributed by atoms with van der Waals surface area (Å²) in [6.45, 7) is 1.59. The summed E-state index contributed by atoms with van der Waals surface area (Å²) in [5.41, 5.74) is 6.52. The van der Waals surface area contributed by atoms with Crippen LogP contribution in [0.5, 0.6) is 0 Å². The molecule has 0 radical (unpaired) electrons. The van der Waals surface area contributed by atoms with Gasteiger partial charge in [-0.3, -0.25) is 14.5 Å². The van der Waals surface area contributed by atoms with Crippen molar-refractivity contribution in [3.8, 4) is 0 Å². The first kappa shape index (κ1) is 17.0. The molecule has 3 aliphatic rings. The third kappa shape index (κ3) is 2.67. The lowest BCUT2D eigenvalue weighted by atomic mass is 9.76. The molecular formula is C19H24N4O3. The van der Waals surface area contributed by atoms with Gasteiger partial charge in [0.25, 0.3) is 5.91 Å². The highest BCUT2D eigenvalue weighted by Crippen LogP contribution is 2.40. The molecule has 2 aliphatic heterocycles. The zero-order chi connectivity index (χ0) is 18.3. The number of nitrogens with zero attached hydrogens (tertiary/aromatic N) is 2. The molecule has 3 N–H and O–H groups in total. The average Bonchev–Trinajstić information content (AvgIpc) is 2.87. The van der Waals surface area contributed by atoms with Crippen molar-refractivity contribution in [3.63, 3.8) is 0 Å². The lowest BCUT2D eigenvalue weighted by Crippen LogP contribution is -2.48. The van der Waals surface area contributed by atoms with Crippen LogP contribution in [0.4, 0.5) is 4.79 Å². The van der Waals surface area contributed by atoms with Crippen LogP contribution in [0.1, 0.15) is 36.8 Å². The number of fused-ring (bicyclic) bond motifs is 2. The normalized spacial score (nSPS) is 26.8. The van der Waals surface area contributed by atoms with E-state index in [0.717, 1.165) is 24.0 Å². The summed E-state index contributed by atoms with van der Waals surface area (Å²) in [5.74, 6) is -0.532. The number of imide groups is 1. The first-order valence-corrected chi connectivity index (χ1v) is 9.25. The Morgan fingerprint density at radius 1 is 1.23 bits per heavy atom. The van der Waals surface area contributed by atoms with E-state index in [0.29, 0.717) is 32.4 Å². The van der Waals surface area contributed by atoms with Crippen LogP contribution in [-0.2, 0) is 21.5 Å². The fraction of sp³-hybridized carbons (Fsp3) is 0.526. The number of rotatable bonds is 3. The number of likely N-dealkylation sites (tertiary alicyclic amines) is 1. The predicted octanol–water partition coefficient (Wildman–Crippen LogP) is 0.925. The minimum atomic E-state index is -0.919. The summed E-state index contributed by atoms with van der Waals surface area (Å²) < 4.78 is 0. The molecule has 138 valence electrons. The summed E-state index contributed by atoms with van der Waals surface area (Å²) in [6.07, 6.45) is 3.79. The van der Waals surface area contributed by atoms with Crippen molar-refractivity contribution in [2.45, 2.75) is 37.6 Å². The number of benzene rings is 1. The van der Waals surface area contributed by atoms with Gasteiger partial charge in [-0.15, -0.1) is 0 Å². The molecule has 1 spiro atoms. The van der Waals surface area contributed by atoms with Gasteiger partial charge < -0.3 is 11.1 Å². The second-order valence-corrected chi connectivity index (χ2v) is 7.52. The van der Waals surface area contributed by atoms with Gasteiger partial charge in [-0.25, -0.2) is 9.69 Å². The van der Waals surface area contributed by atoms with Crippen molar-refractivity contribution >= 4 is 17.8 Å². The maximum absolute atomic E-state index is 13.2. The first-order valence-electron chi connectivity index (χ1n) is 9.25. The fourth-order valence-electron chi connectivity index (χ4n) is 4.50. The highest BCUT2D eigenvalue weighted by atomic mass is 16.2. The molecule has 1 atom stereocenters. The van der Waals surface area contributed by atoms with E-state index in [2.05, 4.69) is 5.32 Å². The van der Waals surface area contributed by atoms with Gasteiger partial charge in [-0.1, -0.05) is 24.3 Å². The van der Waals surface area contributed by atoms with E-state index in [9.17, 15) is 14.4 Å². The number of carbonyl (C=O) groups is 3. The summed E-state index contributed by atoms with van der Waals surface area (Å²) >= 11 is 0. The standard InChI is InChI=1S/C19H24N4O3/c20-16(24)14-7-10-22(11-8-14)12-23-17(25)19(21-18(23)26)9-3-5-13-4-1-2-6-15(13)19/h1-2,4,6,14H,3,5,7-12H2,(H2,20,24)(H,21,26)/t19-/m0/s1. The van der Waals surface area contributed by atoms with E-state index >= 15 is 0 Å². The van der Waals surface area contributed by atoms with Crippen molar-refractivity contribution in [1.29, 1.82) is 0 Å². The SMILES string of the molecule is NC(=O)C1CCN(CN2C(=O)N[C@]3(CCCc4ccccc43)C2=O)CC1. The number of urea groups is 1. The lowest BCUT2D eigenvalue weighted by Gasteiger charge is -2.35. The van der Waals surface area contributed by atoms with Gasteiger partial charge in [0.15, 0.2) is 0 Å². The van der Waals surface area contributed by atoms with Gasteiger partial charge in [-0.05, 0) is 43.2 Å². The van der Waals surface area contributed by atoms with E-state index in [1.54, 1.807) is 0 Å². The van der Waals surface area contributed by atoms with Crippen LogP contribution in [0.15, 0.2) is 24.3 Å². The minimum Gasteiger partial charge on any atom is -0.369 e. The Balaban J connectivity index is 1.52. The van der Waals surface area contributed by atoms with Gasteiger partial charge in [-0.2, -0.15) is 0 Å². The van der Waals surface area contributed by atoms with Gasteiger partial charge in [0.2, 0.25) is 5.91 Å². The van der Waals surface area contributed by atoms with Crippen LogP contribution in [-0.4, -0.2) is 47.4 Å². The molecule has 7 nitrogen and oxygen atoms in total. The van der Waals surface area contributed by atoms with Crippen LogP contribution in [0.2, 0.25) is 0 Å². The van der Waals surface area contributed by atoms with Crippen LogP contribution in [0, 0.1) is 5.92 Å². The molecule has 0 saturated carbocycles. The molecule has 0 aromatic heterocycles. The predicted molar refractivity (Wildman–Crippen MR) is 94.8 cm³/mol. The number of piperidine rings is 1. The van der Waals surface area contributed by atoms with Crippen molar-refractivity contribution in [2.75, 3.05) is 19.8 Å². The Hall–Kier alpha value is -2.41. The number of aryl methyl sites for hydroxylation is 1. The van der Waals surface area contributed by atoms with E-state index in [1.165, 1.54) is 4.90 Å². The highest BCUT2D eigenvalue weighted by Gasteiger charge is 2.54. The molecule has 1 aliphatic carbocycles. The fourth-order valence-corrected chi connectivity index (χ4v) is 4.50. The second-order valence-electron chi connectivity index (χ2n) is 7.52. The molecular weight excluding hydrogens is 332 g/mol. The molecule has 4 rings (SSSR count). The number of carbonyl (C=O) groups excluding carboxylic acids is 3. The summed E-state index contributed by atoms with van der Waals surface area (Å²) in [4.78, 5) is 40.5. The second kappa shape index (κ2) is 6.39. The molecule has 2 heterocycles. The van der Waals surface area contributed by atoms with Crippen LogP contribution in [0.3, 0.4) is 0 Å². The summed E-state index contributed by atoms with van der Waals surface area (Å²) in [5, 5.41) is 2.98. The molecule has 2 saturated heterocycles. The van der Waals surface area contributed by atoms with Gasteiger partial charge in [0.1, 0.15) is 5.54 Å². The monoisotopic (exact) mass is 356 g/mol. The Bertz CT molecular complexity index is 757. The number of hydrogen-bond acceptors (Lipinski definition) is 4. The van der Waals surface area contributed by atoms with E-state index < -0.39 is 5.54 Å². The summed E-state index contributed by atoms with van der Waals surface area (Å²) in [7, 11) is 0. The largest absolute Gasteiger partial charge is 0.369 e. The molecule has 0 bridgehead atoms. The zero-order valence-electron chi connectivity index (χ0n) is 14.7. The molecule has 0 unspecified atom stereocenters.